The average molecular weight is 315 g/mol. The molecule has 2 N–H and O–H groups in total. The van der Waals surface area contributed by atoms with Gasteiger partial charge in [-0.15, -0.1) is 11.3 Å². The molecular weight excluding hydrogens is 294 g/mol. The van der Waals surface area contributed by atoms with E-state index in [0.717, 1.165) is 28.7 Å². The molecule has 1 atom stereocenters. The monoisotopic (exact) mass is 315 g/mol. The number of aromatic nitrogens is 1. The molecule has 0 radical (unpaired) electrons. The third-order valence-electron chi connectivity index (χ3n) is 3.75. The standard InChI is InChI=1S/C17H21N3OS/c1-12(19-16(21)10-18-9-13-7-8-13)17-20-15(11-22-17)14-5-3-2-4-6-14/h2-6,11-13,18H,7-10H2,1H3,(H,19,21). The third-order valence-corrected chi connectivity index (χ3v) is 4.78. The smallest absolute Gasteiger partial charge is 0.234 e. The predicted molar refractivity (Wildman–Crippen MR) is 89.7 cm³/mol. The van der Waals surface area contributed by atoms with Gasteiger partial charge < -0.3 is 10.6 Å². The van der Waals surface area contributed by atoms with Gasteiger partial charge in [-0.2, -0.15) is 0 Å². The summed E-state index contributed by atoms with van der Waals surface area (Å²) in [5, 5.41) is 9.19. The molecule has 1 aliphatic carbocycles. The number of carbonyl (C=O) groups is 1. The average Bonchev–Trinajstić information content (AvgIpc) is 3.21. The van der Waals surface area contributed by atoms with Gasteiger partial charge in [-0.25, -0.2) is 4.98 Å². The normalized spacial score (nSPS) is 15.5. The van der Waals surface area contributed by atoms with E-state index in [0.29, 0.717) is 6.54 Å². The van der Waals surface area contributed by atoms with Crippen LogP contribution in [0.25, 0.3) is 11.3 Å². The van der Waals surface area contributed by atoms with E-state index in [1.165, 1.54) is 12.8 Å². The molecule has 1 aliphatic rings. The van der Waals surface area contributed by atoms with Crippen LogP contribution in [0.15, 0.2) is 35.7 Å². The largest absolute Gasteiger partial charge is 0.346 e. The van der Waals surface area contributed by atoms with Crippen molar-refractivity contribution in [2.45, 2.75) is 25.8 Å². The highest BCUT2D eigenvalue weighted by Gasteiger charge is 2.21. The molecule has 4 nitrogen and oxygen atoms in total. The lowest BCUT2D eigenvalue weighted by molar-refractivity contribution is -0.120. The van der Waals surface area contributed by atoms with Gasteiger partial charge in [-0.3, -0.25) is 4.79 Å². The summed E-state index contributed by atoms with van der Waals surface area (Å²) >= 11 is 1.59. The quantitative estimate of drug-likeness (QED) is 0.826. The van der Waals surface area contributed by atoms with Crippen LogP contribution in [0.2, 0.25) is 0 Å². The molecule has 1 heterocycles. The first-order valence-corrected chi connectivity index (χ1v) is 8.61. The van der Waals surface area contributed by atoms with Crippen LogP contribution in [-0.4, -0.2) is 24.0 Å². The van der Waals surface area contributed by atoms with Crippen LogP contribution in [0.4, 0.5) is 0 Å². The number of nitrogens with one attached hydrogen (secondary N) is 2. The molecule has 0 saturated heterocycles. The number of hydrogen-bond donors (Lipinski definition) is 2. The molecule has 1 aromatic heterocycles. The molecule has 1 saturated carbocycles. The van der Waals surface area contributed by atoms with Crippen molar-refractivity contribution in [1.82, 2.24) is 15.6 Å². The Kier molecular flexibility index (Phi) is 4.85. The Morgan fingerprint density at radius 2 is 2.14 bits per heavy atom. The molecule has 1 aromatic carbocycles. The number of nitrogens with zero attached hydrogens (tertiary/aromatic N) is 1. The van der Waals surface area contributed by atoms with Crippen molar-refractivity contribution >= 4 is 17.2 Å². The maximum absolute atomic E-state index is 11.9. The molecule has 0 bridgehead atoms. The predicted octanol–water partition coefficient (Wildman–Crippen LogP) is 2.99. The van der Waals surface area contributed by atoms with E-state index in [4.69, 9.17) is 0 Å². The van der Waals surface area contributed by atoms with Gasteiger partial charge in [0.05, 0.1) is 18.3 Å². The Hall–Kier alpha value is -1.72. The van der Waals surface area contributed by atoms with Gasteiger partial charge in [0, 0.05) is 10.9 Å². The molecule has 1 unspecified atom stereocenters. The number of benzene rings is 1. The summed E-state index contributed by atoms with van der Waals surface area (Å²) in [4.78, 5) is 16.5. The fraction of sp³-hybridized carbons (Fsp3) is 0.412. The molecule has 116 valence electrons. The minimum atomic E-state index is -0.0577. The second-order valence-corrected chi connectivity index (χ2v) is 6.69. The first-order chi connectivity index (χ1) is 10.7. The van der Waals surface area contributed by atoms with E-state index in [1.807, 2.05) is 42.6 Å². The lowest BCUT2D eigenvalue weighted by Crippen LogP contribution is -2.36. The van der Waals surface area contributed by atoms with E-state index in [-0.39, 0.29) is 11.9 Å². The van der Waals surface area contributed by atoms with Gasteiger partial charge >= 0.3 is 0 Å². The molecular formula is C17H21N3OS. The number of rotatable bonds is 7. The van der Waals surface area contributed by atoms with Crippen LogP contribution in [0, 0.1) is 5.92 Å². The summed E-state index contributed by atoms with van der Waals surface area (Å²) in [7, 11) is 0. The fourth-order valence-corrected chi connectivity index (χ4v) is 3.13. The van der Waals surface area contributed by atoms with Crippen molar-refractivity contribution in [2.75, 3.05) is 13.1 Å². The van der Waals surface area contributed by atoms with Crippen molar-refractivity contribution in [2.24, 2.45) is 5.92 Å². The van der Waals surface area contributed by atoms with Crippen LogP contribution >= 0.6 is 11.3 Å². The molecule has 2 aromatic rings. The zero-order valence-corrected chi connectivity index (χ0v) is 13.5. The van der Waals surface area contributed by atoms with Gasteiger partial charge in [0.2, 0.25) is 5.91 Å². The minimum absolute atomic E-state index is 0.0320. The zero-order chi connectivity index (χ0) is 15.4. The second-order valence-electron chi connectivity index (χ2n) is 5.80. The molecule has 22 heavy (non-hydrogen) atoms. The number of amides is 1. The Morgan fingerprint density at radius 1 is 1.36 bits per heavy atom. The lowest BCUT2D eigenvalue weighted by atomic mass is 10.2. The third kappa shape index (κ3) is 4.15. The summed E-state index contributed by atoms with van der Waals surface area (Å²) in [6, 6.07) is 10.0. The zero-order valence-electron chi connectivity index (χ0n) is 12.7. The van der Waals surface area contributed by atoms with Crippen LogP contribution in [0.1, 0.15) is 30.8 Å². The Morgan fingerprint density at radius 3 is 2.86 bits per heavy atom. The summed E-state index contributed by atoms with van der Waals surface area (Å²) in [5.41, 5.74) is 2.07. The van der Waals surface area contributed by atoms with E-state index >= 15 is 0 Å². The first-order valence-electron chi connectivity index (χ1n) is 7.73. The Bertz CT molecular complexity index is 622. The van der Waals surface area contributed by atoms with E-state index < -0.39 is 0 Å². The van der Waals surface area contributed by atoms with Crippen molar-refractivity contribution in [3.05, 3.63) is 40.7 Å². The SMILES string of the molecule is CC(NC(=O)CNCC1CC1)c1nc(-c2ccccc2)cs1. The van der Waals surface area contributed by atoms with Gasteiger partial charge in [0.15, 0.2) is 0 Å². The second kappa shape index (κ2) is 7.03. The van der Waals surface area contributed by atoms with E-state index in [9.17, 15) is 4.79 Å². The molecule has 1 fully saturated rings. The minimum Gasteiger partial charge on any atom is -0.346 e. The molecule has 3 rings (SSSR count). The van der Waals surface area contributed by atoms with Crippen molar-refractivity contribution in [3.8, 4) is 11.3 Å². The molecule has 1 amide bonds. The summed E-state index contributed by atoms with van der Waals surface area (Å²) in [6.07, 6.45) is 2.60. The van der Waals surface area contributed by atoms with Crippen LogP contribution in [0.3, 0.4) is 0 Å². The Labute approximate surface area is 135 Å². The van der Waals surface area contributed by atoms with Gasteiger partial charge in [0.1, 0.15) is 5.01 Å². The first kappa shape index (κ1) is 15.2. The number of hydrogen-bond acceptors (Lipinski definition) is 4. The molecule has 0 aliphatic heterocycles. The molecule has 5 heteroatoms. The highest BCUT2D eigenvalue weighted by Crippen LogP contribution is 2.27. The highest BCUT2D eigenvalue weighted by atomic mass is 32.1. The van der Waals surface area contributed by atoms with Gasteiger partial charge in [0.25, 0.3) is 0 Å². The number of thiazole rings is 1. The van der Waals surface area contributed by atoms with Crippen molar-refractivity contribution in [3.63, 3.8) is 0 Å². The summed E-state index contributed by atoms with van der Waals surface area (Å²) in [5.74, 6) is 0.822. The van der Waals surface area contributed by atoms with Crippen molar-refractivity contribution in [1.29, 1.82) is 0 Å². The maximum atomic E-state index is 11.9. The van der Waals surface area contributed by atoms with Crippen LogP contribution in [-0.2, 0) is 4.79 Å². The number of carbonyl (C=O) groups excluding carboxylic acids is 1. The van der Waals surface area contributed by atoms with E-state index in [1.54, 1.807) is 11.3 Å². The van der Waals surface area contributed by atoms with Gasteiger partial charge in [-0.1, -0.05) is 30.3 Å². The van der Waals surface area contributed by atoms with Gasteiger partial charge in [-0.05, 0) is 32.2 Å². The lowest BCUT2D eigenvalue weighted by Gasteiger charge is -2.11. The summed E-state index contributed by atoms with van der Waals surface area (Å²) in [6.45, 7) is 3.32. The fourth-order valence-electron chi connectivity index (χ4n) is 2.29. The van der Waals surface area contributed by atoms with E-state index in [2.05, 4.69) is 15.6 Å². The summed E-state index contributed by atoms with van der Waals surface area (Å²) < 4.78 is 0. The van der Waals surface area contributed by atoms with Crippen molar-refractivity contribution < 1.29 is 4.79 Å². The topological polar surface area (TPSA) is 54.0 Å². The maximum Gasteiger partial charge on any atom is 0.234 e. The van der Waals surface area contributed by atoms with Crippen LogP contribution < -0.4 is 10.6 Å². The van der Waals surface area contributed by atoms with Crippen LogP contribution in [0.5, 0.6) is 0 Å². The Balaban J connectivity index is 1.52. The highest BCUT2D eigenvalue weighted by molar-refractivity contribution is 7.10. The molecule has 0 spiro atoms.